The first kappa shape index (κ1) is 9.47. The van der Waals surface area contributed by atoms with Crippen molar-refractivity contribution in [3.05, 3.63) is 0 Å². The van der Waals surface area contributed by atoms with Crippen LogP contribution in [0.5, 0.6) is 0 Å². The average molecular weight is 182 g/mol. The van der Waals surface area contributed by atoms with Crippen LogP contribution in [-0.2, 0) is 0 Å². The maximum absolute atomic E-state index is 3.64. The minimum atomic E-state index is 0.357. The predicted octanol–water partition coefficient (Wildman–Crippen LogP) is 1.61. The maximum atomic E-state index is 3.64. The van der Waals surface area contributed by atoms with Gasteiger partial charge >= 0.3 is 0 Å². The van der Waals surface area contributed by atoms with Gasteiger partial charge in [-0.05, 0) is 33.6 Å². The normalized spacial score (nSPS) is 36.2. The van der Waals surface area contributed by atoms with Gasteiger partial charge in [0.05, 0.1) is 0 Å². The van der Waals surface area contributed by atoms with E-state index in [1.807, 2.05) is 0 Å². The molecular formula is C11H22N2. The summed E-state index contributed by atoms with van der Waals surface area (Å²) in [6, 6.07) is 1.55. The highest BCUT2D eigenvalue weighted by molar-refractivity contribution is 4.94. The standard InChI is InChI=1S/C11H22N2/c1-11(2,3)13-8-9-5-4-6-10(13)7-12-9/h9-10,12H,4-8H2,1-3H3. The van der Waals surface area contributed by atoms with E-state index in [1.54, 1.807) is 0 Å². The zero-order valence-corrected chi connectivity index (χ0v) is 9.14. The molecule has 3 heterocycles. The summed E-state index contributed by atoms with van der Waals surface area (Å²) < 4.78 is 0. The topological polar surface area (TPSA) is 15.3 Å². The molecule has 2 unspecified atom stereocenters. The van der Waals surface area contributed by atoms with E-state index in [-0.39, 0.29) is 0 Å². The molecule has 3 rings (SSSR count). The van der Waals surface area contributed by atoms with Crippen LogP contribution in [0.15, 0.2) is 0 Å². The summed E-state index contributed by atoms with van der Waals surface area (Å²) in [5.74, 6) is 0. The molecule has 3 aliphatic heterocycles. The van der Waals surface area contributed by atoms with Crippen LogP contribution < -0.4 is 5.32 Å². The van der Waals surface area contributed by atoms with Crippen molar-refractivity contribution in [3.63, 3.8) is 0 Å². The van der Waals surface area contributed by atoms with Crippen molar-refractivity contribution in [2.75, 3.05) is 13.1 Å². The first-order chi connectivity index (χ1) is 6.07. The molecule has 13 heavy (non-hydrogen) atoms. The van der Waals surface area contributed by atoms with E-state index in [0.717, 1.165) is 12.1 Å². The SMILES string of the molecule is CC(C)(C)N1CC2CCCC1CN2. The van der Waals surface area contributed by atoms with Crippen LogP contribution in [0.25, 0.3) is 0 Å². The van der Waals surface area contributed by atoms with Crippen LogP contribution in [-0.4, -0.2) is 35.6 Å². The lowest BCUT2D eigenvalue weighted by Crippen LogP contribution is -2.60. The fourth-order valence-electron chi connectivity index (χ4n) is 2.74. The van der Waals surface area contributed by atoms with Crippen molar-refractivity contribution in [2.45, 2.75) is 57.7 Å². The number of hydrogen-bond acceptors (Lipinski definition) is 2. The fraction of sp³-hybridized carbons (Fsp3) is 1.00. The monoisotopic (exact) mass is 182 g/mol. The van der Waals surface area contributed by atoms with E-state index < -0.39 is 0 Å². The van der Waals surface area contributed by atoms with Crippen molar-refractivity contribution < 1.29 is 0 Å². The predicted molar refractivity (Wildman–Crippen MR) is 55.9 cm³/mol. The van der Waals surface area contributed by atoms with Gasteiger partial charge < -0.3 is 5.32 Å². The van der Waals surface area contributed by atoms with Crippen molar-refractivity contribution in [3.8, 4) is 0 Å². The Kier molecular flexibility index (Phi) is 2.37. The summed E-state index contributed by atoms with van der Waals surface area (Å²) in [6.07, 6.45) is 4.18. The van der Waals surface area contributed by atoms with Gasteiger partial charge in [-0.1, -0.05) is 6.42 Å². The number of fused-ring (bicyclic) bond motifs is 4. The lowest BCUT2D eigenvalue weighted by molar-refractivity contribution is 0.0513. The molecule has 2 bridgehead atoms. The van der Waals surface area contributed by atoms with Gasteiger partial charge in [0.1, 0.15) is 0 Å². The number of nitrogens with one attached hydrogen (secondary N) is 1. The highest BCUT2D eigenvalue weighted by Gasteiger charge is 2.36. The second-order valence-electron chi connectivity index (χ2n) is 5.51. The van der Waals surface area contributed by atoms with Gasteiger partial charge in [0.2, 0.25) is 0 Å². The Hall–Kier alpha value is -0.0800. The van der Waals surface area contributed by atoms with Crippen LogP contribution in [0.1, 0.15) is 40.0 Å². The fourth-order valence-corrected chi connectivity index (χ4v) is 2.74. The van der Waals surface area contributed by atoms with E-state index in [1.165, 1.54) is 32.4 Å². The Morgan fingerprint density at radius 3 is 2.69 bits per heavy atom. The molecule has 0 radical (unpaired) electrons. The third-order valence-electron chi connectivity index (χ3n) is 3.45. The van der Waals surface area contributed by atoms with E-state index in [9.17, 15) is 0 Å². The number of rotatable bonds is 0. The van der Waals surface area contributed by atoms with Gasteiger partial charge in [0.15, 0.2) is 0 Å². The number of hydrogen-bond donors (Lipinski definition) is 1. The maximum Gasteiger partial charge on any atom is 0.0226 e. The largest absolute Gasteiger partial charge is 0.311 e. The molecule has 0 saturated carbocycles. The highest BCUT2D eigenvalue weighted by Crippen LogP contribution is 2.27. The van der Waals surface area contributed by atoms with E-state index in [0.29, 0.717) is 5.54 Å². The minimum Gasteiger partial charge on any atom is -0.311 e. The molecule has 3 fully saturated rings. The van der Waals surface area contributed by atoms with Crippen molar-refractivity contribution in [1.29, 1.82) is 0 Å². The quantitative estimate of drug-likeness (QED) is 0.612. The molecule has 2 nitrogen and oxygen atoms in total. The van der Waals surface area contributed by atoms with Gasteiger partial charge in [0.25, 0.3) is 0 Å². The van der Waals surface area contributed by atoms with Crippen LogP contribution in [0.4, 0.5) is 0 Å². The summed E-state index contributed by atoms with van der Waals surface area (Å²) >= 11 is 0. The average Bonchev–Trinajstić information content (AvgIpc) is 2.35. The Bertz CT molecular complexity index is 179. The highest BCUT2D eigenvalue weighted by atomic mass is 15.3. The molecule has 1 N–H and O–H groups in total. The third-order valence-corrected chi connectivity index (χ3v) is 3.45. The summed E-state index contributed by atoms with van der Waals surface area (Å²) in [5, 5.41) is 3.64. The first-order valence-electron chi connectivity index (χ1n) is 5.57. The molecule has 2 heteroatoms. The van der Waals surface area contributed by atoms with Gasteiger partial charge in [0, 0.05) is 30.7 Å². The van der Waals surface area contributed by atoms with E-state index in [2.05, 4.69) is 31.0 Å². The lowest BCUT2D eigenvalue weighted by Gasteiger charge is -2.45. The minimum absolute atomic E-state index is 0.357. The molecule has 2 atom stereocenters. The molecule has 0 amide bonds. The Balaban J connectivity index is 2.12. The molecular weight excluding hydrogens is 160 g/mol. The Morgan fingerprint density at radius 2 is 2.00 bits per heavy atom. The summed E-state index contributed by atoms with van der Waals surface area (Å²) in [5.41, 5.74) is 0.357. The molecule has 76 valence electrons. The summed E-state index contributed by atoms with van der Waals surface area (Å²) in [7, 11) is 0. The number of nitrogens with zero attached hydrogens (tertiary/aromatic N) is 1. The second-order valence-corrected chi connectivity index (χ2v) is 5.51. The lowest BCUT2D eigenvalue weighted by atomic mass is 9.99. The van der Waals surface area contributed by atoms with Crippen LogP contribution >= 0.6 is 0 Å². The zero-order chi connectivity index (χ0) is 9.47. The molecule has 0 aromatic heterocycles. The van der Waals surface area contributed by atoms with Gasteiger partial charge in [-0.15, -0.1) is 0 Å². The summed E-state index contributed by atoms with van der Waals surface area (Å²) in [6.45, 7) is 9.49. The zero-order valence-electron chi connectivity index (χ0n) is 9.14. The molecule has 3 saturated heterocycles. The Labute approximate surface area is 81.7 Å². The van der Waals surface area contributed by atoms with Gasteiger partial charge in [-0.3, -0.25) is 4.90 Å². The van der Waals surface area contributed by atoms with Gasteiger partial charge in [-0.25, -0.2) is 0 Å². The summed E-state index contributed by atoms with van der Waals surface area (Å²) in [4.78, 5) is 2.70. The van der Waals surface area contributed by atoms with Gasteiger partial charge in [-0.2, -0.15) is 0 Å². The molecule has 0 aromatic rings. The van der Waals surface area contributed by atoms with E-state index >= 15 is 0 Å². The van der Waals surface area contributed by atoms with Crippen LogP contribution in [0.2, 0.25) is 0 Å². The molecule has 3 aliphatic rings. The molecule has 0 aliphatic carbocycles. The second kappa shape index (κ2) is 3.25. The van der Waals surface area contributed by atoms with E-state index in [4.69, 9.17) is 0 Å². The molecule has 0 aromatic carbocycles. The first-order valence-corrected chi connectivity index (χ1v) is 5.57. The van der Waals surface area contributed by atoms with Crippen molar-refractivity contribution >= 4 is 0 Å². The number of piperazine rings is 1. The molecule has 0 spiro atoms. The Morgan fingerprint density at radius 1 is 1.23 bits per heavy atom. The van der Waals surface area contributed by atoms with Crippen molar-refractivity contribution in [1.82, 2.24) is 10.2 Å². The smallest absolute Gasteiger partial charge is 0.0226 e. The van der Waals surface area contributed by atoms with Crippen LogP contribution in [0.3, 0.4) is 0 Å². The van der Waals surface area contributed by atoms with Crippen molar-refractivity contribution in [2.24, 2.45) is 0 Å². The van der Waals surface area contributed by atoms with Crippen LogP contribution in [0, 0.1) is 0 Å². The third kappa shape index (κ3) is 1.89.